The molecule has 0 aromatic heterocycles. The maximum Gasteiger partial charge on any atom is 0.0235 e. The van der Waals surface area contributed by atoms with Crippen molar-refractivity contribution in [1.29, 1.82) is 0 Å². The Morgan fingerprint density at radius 1 is 1.12 bits per heavy atom. The van der Waals surface area contributed by atoms with E-state index in [1.807, 2.05) is 0 Å². The Morgan fingerprint density at radius 3 is 2.18 bits per heavy atom. The fourth-order valence-electron chi connectivity index (χ4n) is 2.49. The molecule has 0 aliphatic carbocycles. The zero-order chi connectivity index (χ0) is 12.4. The molecule has 1 aliphatic rings. The van der Waals surface area contributed by atoms with Gasteiger partial charge in [-0.15, -0.1) is 0 Å². The molecule has 2 nitrogen and oxygen atoms in total. The molecule has 1 heterocycles. The Hall–Kier alpha value is -0.380. The van der Waals surface area contributed by atoms with Crippen LogP contribution in [0.4, 0.5) is 0 Å². The number of likely N-dealkylation sites (N-methyl/N-ethyl adjacent to an activating group) is 1. The Balaban J connectivity index is 1.98. The van der Waals surface area contributed by atoms with Crippen molar-refractivity contribution >= 4 is 15.9 Å². The second kappa shape index (κ2) is 5.51. The number of piperazine rings is 1. The second-order valence-electron chi connectivity index (χ2n) is 5.18. The molecule has 1 aromatic carbocycles. The van der Waals surface area contributed by atoms with Crippen LogP contribution in [0.3, 0.4) is 0 Å². The Bertz CT molecular complexity index is 351. The molecule has 0 spiro atoms. The SMILES string of the molecule is C[C@@H]1CN(Cc2ccc(Br)cc2)C[C@H](C)N1C. The van der Waals surface area contributed by atoms with Gasteiger partial charge in [-0.05, 0) is 38.6 Å². The van der Waals surface area contributed by atoms with E-state index in [4.69, 9.17) is 0 Å². The van der Waals surface area contributed by atoms with E-state index in [0.29, 0.717) is 12.1 Å². The molecule has 0 N–H and O–H groups in total. The summed E-state index contributed by atoms with van der Waals surface area (Å²) in [4.78, 5) is 5.02. The van der Waals surface area contributed by atoms with Crippen LogP contribution in [-0.4, -0.2) is 42.0 Å². The van der Waals surface area contributed by atoms with Crippen LogP contribution in [0, 0.1) is 0 Å². The van der Waals surface area contributed by atoms with E-state index in [0.717, 1.165) is 24.1 Å². The molecule has 0 radical (unpaired) electrons. The van der Waals surface area contributed by atoms with Crippen molar-refractivity contribution in [1.82, 2.24) is 9.80 Å². The molecule has 3 heteroatoms. The fraction of sp³-hybridized carbons (Fsp3) is 0.571. The van der Waals surface area contributed by atoms with E-state index in [1.54, 1.807) is 0 Å². The summed E-state index contributed by atoms with van der Waals surface area (Å²) in [5.74, 6) is 0. The molecular weight excluding hydrogens is 276 g/mol. The molecule has 1 fully saturated rings. The number of nitrogens with zero attached hydrogens (tertiary/aromatic N) is 2. The van der Waals surface area contributed by atoms with Crippen molar-refractivity contribution in [2.45, 2.75) is 32.5 Å². The summed E-state index contributed by atoms with van der Waals surface area (Å²) in [5, 5.41) is 0. The molecule has 0 amide bonds. The van der Waals surface area contributed by atoms with Crippen LogP contribution in [-0.2, 0) is 6.54 Å². The van der Waals surface area contributed by atoms with Crippen molar-refractivity contribution in [2.75, 3.05) is 20.1 Å². The van der Waals surface area contributed by atoms with E-state index in [-0.39, 0.29) is 0 Å². The number of halogens is 1. The first kappa shape index (κ1) is 13.1. The Morgan fingerprint density at radius 2 is 1.65 bits per heavy atom. The lowest BCUT2D eigenvalue weighted by molar-refractivity contribution is 0.0556. The van der Waals surface area contributed by atoms with Gasteiger partial charge in [-0.25, -0.2) is 0 Å². The molecular formula is C14H21BrN2. The van der Waals surface area contributed by atoms with Gasteiger partial charge in [0.2, 0.25) is 0 Å². The zero-order valence-corrected chi connectivity index (χ0v) is 12.4. The minimum atomic E-state index is 0.647. The highest BCUT2D eigenvalue weighted by Gasteiger charge is 2.26. The highest BCUT2D eigenvalue weighted by molar-refractivity contribution is 9.10. The summed E-state index contributed by atoms with van der Waals surface area (Å²) in [7, 11) is 2.23. The van der Waals surface area contributed by atoms with Crippen molar-refractivity contribution in [3.05, 3.63) is 34.3 Å². The van der Waals surface area contributed by atoms with Gasteiger partial charge in [-0.1, -0.05) is 28.1 Å². The quantitative estimate of drug-likeness (QED) is 0.828. The highest BCUT2D eigenvalue weighted by atomic mass is 79.9. The topological polar surface area (TPSA) is 6.48 Å². The normalized spacial score (nSPS) is 27.3. The van der Waals surface area contributed by atoms with E-state index in [1.165, 1.54) is 5.56 Å². The summed E-state index contributed by atoms with van der Waals surface area (Å²) >= 11 is 3.48. The highest BCUT2D eigenvalue weighted by Crippen LogP contribution is 2.17. The van der Waals surface area contributed by atoms with E-state index >= 15 is 0 Å². The van der Waals surface area contributed by atoms with Gasteiger partial charge < -0.3 is 0 Å². The Labute approximate surface area is 113 Å². The van der Waals surface area contributed by atoms with Gasteiger partial charge in [0.25, 0.3) is 0 Å². The van der Waals surface area contributed by atoms with Gasteiger partial charge in [-0.3, -0.25) is 9.80 Å². The predicted molar refractivity (Wildman–Crippen MR) is 76.1 cm³/mol. The van der Waals surface area contributed by atoms with Crippen LogP contribution >= 0.6 is 15.9 Å². The smallest absolute Gasteiger partial charge is 0.0235 e. The lowest BCUT2D eigenvalue weighted by Crippen LogP contribution is -2.54. The molecule has 1 aromatic rings. The van der Waals surface area contributed by atoms with Gasteiger partial charge in [0.1, 0.15) is 0 Å². The molecule has 0 bridgehead atoms. The van der Waals surface area contributed by atoms with Crippen LogP contribution in [0.5, 0.6) is 0 Å². The maximum absolute atomic E-state index is 3.48. The summed E-state index contributed by atoms with van der Waals surface area (Å²) in [6.45, 7) is 8.01. The van der Waals surface area contributed by atoms with Crippen molar-refractivity contribution in [3.63, 3.8) is 0 Å². The molecule has 0 saturated carbocycles. The van der Waals surface area contributed by atoms with E-state index < -0.39 is 0 Å². The molecule has 1 saturated heterocycles. The molecule has 0 unspecified atom stereocenters. The van der Waals surface area contributed by atoms with E-state index in [2.05, 4.69) is 70.9 Å². The first-order valence-corrected chi connectivity index (χ1v) is 7.04. The first-order chi connectivity index (χ1) is 8.06. The van der Waals surface area contributed by atoms with Crippen LogP contribution in [0.1, 0.15) is 19.4 Å². The number of rotatable bonds is 2. The van der Waals surface area contributed by atoms with E-state index in [9.17, 15) is 0 Å². The standard InChI is InChI=1S/C14H21BrN2/c1-11-8-17(9-12(2)16(11)3)10-13-4-6-14(15)7-5-13/h4-7,11-12H,8-10H2,1-3H3/t11-,12+. The number of hydrogen-bond donors (Lipinski definition) is 0. The third-order valence-electron chi connectivity index (χ3n) is 3.75. The van der Waals surface area contributed by atoms with Gasteiger partial charge in [0, 0.05) is 36.2 Å². The van der Waals surface area contributed by atoms with Crippen molar-refractivity contribution in [2.24, 2.45) is 0 Å². The average Bonchev–Trinajstić information content (AvgIpc) is 2.29. The molecule has 94 valence electrons. The second-order valence-corrected chi connectivity index (χ2v) is 6.10. The van der Waals surface area contributed by atoms with Gasteiger partial charge in [0.05, 0.1) is 0 Å². The number of hydrogen-bond acceptors (Lipinski definition) is 2. The van der Waals surface area contributed by atoms with Crippen LogP contribution in [0.2, 0.25) is 0 Å². The van der Waals surface area contributed by atoms with Gasteiger partial charge in [0.15, 0.2) is 0 Å². The Kier molecular flexibility index (Phi) is 4.23. The molecule has 2 atom stereocenters. The minimum absolute atomic E-state index is 0.647. The molecule has 2 rings (SSSR count). The van der Waals surface area contributed by atoms with Crippen LogP contribution < -0.4 is 0 Å². The average molecular weight is 297 g/mol. The summed E-state index contributed by atoms with van der Waals surface area (Å²) in [6, 6.07) is 9.95. The minimum Gasteiger partial charge on any atom is -0.298 e. The third kappa shape index (κ3) is 3.30. The van der Waals surface area contributed by atoms with Crippen LogP contribution in [0.15, 0.2) is 28.7 Å². The zero-order valence-electron chi connectivity index (χ0n) is 10.9. The predicted octanol–water partition coefficient (Wildman–Crippen LogP) is 2.97. The number of benzene rings is 1. The largest absolute Gasteiger partial charge is 0.298 e. The van der Waals surface area contributed by atoms with Gasteiger partial charge in [-0.2, -0.15) is 0 Å². The fourth-order valence-corrected chi connectivity index (χ4v) is 2.76. The lowest BCUT2D eigenvalue weighted by atomic mass is 10.1. The first-order valence-electron chi connectivity index (χ1n) is 6.25. The van der Waals surface area contributed by atoms with Crippen molar-refractivity contribution in [3.8, 4) is 0 Å². The lowest BCUT2D eigenvalue weighted by Gasteiger charge is -2.42. The van der Waals surface area contributed by atoms with Gasteiger partial charge >= 0.3 is 0 Å². The summed E-state index contributed by atoms with van der Waals surface area (Å²) < 4.78 is 1.15. The maximum atomic E-state index is 3.48. The molecule has 1 aliphatic heterocycles. The third-order valence-corrected chi connectivity index (χ3v) is 4.28. The summed E-state index contributed by atoms with van der Waals surface area (Å²) in [6.07, 6.45) is 0. The monoisotopic (exact) mass is 296 g/mol. The van der Waals surface area contributed by atoms with Crippen molar-refractivity contribution < 1.29 is 0 Å². The van der Waals surface area contributed by atoms with Crippen LogP contribution in [0.25, 0.3) is 0 Å². The molecule has 17 heavy (non-hydrogen) atoms. The summed E-state index contributed by atoms with van der Waals surface area (Å²) in [5.41, 5.74) is 1.40.